The number of halogens is 1. The Balaban J connectivity index is 1.86. The van der Waals surface area contributed by atoms with E-state index in [1.807, 2.05) is 63.2 Å². The van der Waals surface area contributed by atoms with Crippen LogP contribution in [-0.2, 0) is 0 Å². The van der Waals surface area contributed by atoms with Crippen LogP contribution in [-0.4, -0.2) is 18.7 Å². The average Bonchev–Trinajstić information content (AvgIpc) is 2.49. The second-order valence-electron chi connectivity index (χ2n) is 5.51. The fraction of sp³-hybridized carbons (Fsp3) is 0.278. The lowest BCUT2D eigenvalue weighted by molar-refractivity contribution is 0.236. The maximum absolute atomic E-state index is 12.0. The van der Waals surface area contributed by atoms with Crippen molar-refractivity contribution in [3.63, 3.8) is 0 Å². The Morgan fingerprint density at radius 1 is 1.13 bits per heavy atom. The van der Waals surface area contributed by atoms with Gasteiger partial charge in [0.15, 0.2) is 0 Å². The van der Waals surface area contributed by atoms with Gasteiger partial charge in [-0.2, -0.15) is 0 Å². The molecule has 0 aliphatic rings. The van der Waals surface area contributed by atoms with Gasteiger partial charge < -0.3 is 15.4 Å². The molecule has 2 aromatic rings. The molecule has 0 aliphatic carbocycles. The molecule has 2 aromatic carbocycles. The molecule has 23 heavy (non-hydrogen) atoms. The molecular weight excluding hydrogens is 356 g/mol. The van der Waals surface area contributed by atoms with Gasteiger partial charge in [0, 0.05) is 4.47 Å². The monoisotopic (exact) mass is 376 g/mol. The van der Waals surface area contributed by atoms with Crippen molar-refractivity contribution in [2.75, 3.05) is 11.9 Å². The van der Waals surface area contributed by atoms with Crippen LogP contribution in [0.4, 0.5) is 10.5 Å². The first kappa shape index (κ1) is 17.3. The minimum absolute atomic E-state index is 0.114. The van der Waals surface area contributed by atoms with E-state index >= 15 is 0 Å². The molecule has 2 N–H and O–H groups in total. The molecule has 122 valence electrons. The molecule has 0 radical (unpaired) electrons. The summed E-state index contributed by atoms with van der Waals surface area (Å²) in [6, 6.07) is 13.1. The van der Waals surface area contributed by atoms with Gasteiger partial charge in [0.05, 0.1) is 11.7 Å². The summed E-state index contributed by atoms with van der Waals surface area (Å²) in [6.45, 7) is 6.35. The Hall–Kier alpha value is -2.01. The number of carbonyl (C=O) groups is 1. The zero-order valence-electron chi connectivity index (χ0n) is 13.5. The van der Waals surface area contributed by atoms with Crippen molar-refractivity contribution in [3.8, 4) is 5.75 Å². The number of urea groups is 1. The van der Waals surface area contributed by atoms with Gasteiger partial charge in [0.25, 0.3) is 0 Å². The Labute approximate surface area is 145 Å². The van der Waals surface area contributed by atoms with Crippen molar-refractivity contribution in [1.82, 2.24) is 5.32 Å². The van der Waals surface area contributed by atoms with E-state index in [0.717, 1.165) is 27.0 Å². The summed E-state index contributed by atoms with van der Waals surface area (Å²) in [5.74, 6) is 0.882. The Morgan fingerprint density at radius 2 is 1.78 bits per heavy atom. The van der Waals surface area contributed by atoms with Crippen LogP contribution in [0.1, 0.15) is 18.1 Å². The summed E-state index contributed by atoms with van der Waals surface area (Å²) >= 11 is 3.40. The molecule has 5 heteroatoms. The third-order valence-corrected chi connectivity index (χ3v) is 4.08. The third-order valence-electron chi connectivity index (χ3n) is 3.39. The van der Waals surface area contributed by atoms with E-state index in [-0.39, 0.29) is 12.1 Å². The number of benzene rings is 2. The molecule has 0 fully saturated rings. The first-order valence-electron chi connectivity index (χ1n) is 7.48. The van der Waals surface area contributed by atoms with Crippen molar-refractivity contribution < 1.29 is 9.53 Å². The number of aryl methyl sites for hydroxylation is 2. The van der Waals surface area contributed by atoms with E-state index in [1.165, 1.54) is 0 Å². The van der Waals surface area contributed by atoms with Crippen LogP contribution in [0.2, 0.25) is 0 Å². The van der Waals surface area contributed by atoms with Crippen molar-refractivity contribution >= 4 is 27.6 Å². The van der Waals surface area contributed by atoms with E-state index < -0.39 is 0 Å². The number of nitrogens with one attached hydrogen (secondary N) is 2. The molecule has 0 saturated carbocycles. The maximum Gasteiger partial charge on any atom is 0.319 e. The van der Waals surface area contributed by atoms with Gasteiger partial charge in [-0.15, -0.1) is 0 Å². The zero-order chi connectivity index (χ0) is 16.8. The largest absolute Gasteiger partial charge is 0.491 e. The highest BCUT2D eigenvalue weighted by Crippen LogP contribution is 2.22. The highest BCUT2D eigenvalue weighted by molar-refractivity contribution is 9.10. The van der Waals surface area contributed by atoms with Gasteiger partial charge in [-0.3, -0.25) is 0 Å². The number of amides is 2. The number of rotatable bonds is 5. The molecule has 0 aromatic heterocycles. The zero-order valence-corrected chi connectivity index (χ0v) is 15.1. The van der Waals surface area contributed by atoms with Gasteiger partial charge in [0.2, 0.25) is 0 Å². The topological polar surface area (TPSA) is 50.4 Å². The summed E-state index contributed by atoms with van der Waals surface area (Å²) in [4.78, 5) is 12.0. The lowest BCUT2D eigenvalue weighted by Crippen LogP contribution is -2.39. The van der Waals surface area contributed by atoms with Crippen LogP contribution < -0.4 is 15.4 Å². The first-order chi connectivity index (χ1) is 11.0. The van der Waals surface area contributed by atoms with E-state index in [4.69, 9.17) is 4.74 Å². The number of anilines is 1. The first-order valence-corrected chi connectivity index (χ1v) is 8.27. The Bertz CT molecular complexity index is 668. The van der Waals surface area contributed by atoms with Crippen molar-refractivity contribution in [1.29, 1.82) is 0 Å². The molecule has 0 aliphatic heterocycles. The molecule has 0 spiro atoms. The number of para-hydroxylation sites is 2. The second-order valence-corrected chi connectivity index (χ2v) is 6.37. The number of hydrogen-bond acceptors (Lipinski definition) is 2. The van der Waals surface area contributed by atoms with Gasteiger partial charge in [-0.25, -0.2) is 4.79 Å². The van der Waals surface area contributed by atoms with Gasteiger partial charge in [-0.05, 0) is 60.0 Å². The van der Waals surface area contributed by atoms with Crippen LogP contribution in [0.25, 0.3) is 0 Å². The minimum Gasteiger partial charge on any atom is -0.491 e. The van der Waals surface area contributed by atoms with Crippen LogP contribution in [0.5, 0.6) is 5.75 Å². The summed E-state index contributed by atoms with van der Waals surface area (Å²) in [7, 11) is 0. The molecule has 0 bridgehead atoms. The van der Waals surface area contributed by atoms with Crippen molar-refractivity contribution in [3.05, 3.63) is 58.1 Å². The number of hydrogen-bond donors (Lipinski definition) is 2. The van der Waals surface area contributed by atoms with Crippen LogP contribution in [0, 0.1) is 13.8 Å². The van der Waals surface area contributed by atoms with Gasteiger partial charge in [0.1, 0.15) is 12.4 Å². The fourth-order valence-corrected chi connectivity index (χ4v) is 2.61. The lowest BCUT2D eigenvalue weighted by Gasteiger charge is -2.18. The lowest BCUT2D eigenvalue weighted by atomic mass is 10.1. The van der Waals surface area contributed by atoms with Crippen LogP contribution in [0.15, 0.2) is 46.9 Å². The molecule has 1 atom stereocenters. The second kappa shape index (κ2) is 8.02. The van der Waals surface area contributed by atoms with E-state index in [1.54, 1.807) is 0 Å². The number of ether oxygens (including phenoxy) is 1. The maximum atomic E-state index is 12.0. The van der Waals surface area contributed by atoms with Crippen molar-refractivity contribution in [2.45, 2.75) is 26.8 Å². The minimum atomic E-state index is -0.255. The van der Waals surface area contributed by atoms with Gasteiger partial charge in [-0.1, -0.05) is 30.3 Å². The predicted molar refractivity (Wildman–Crippen MR) is 97.2 cm³/mol. The summed E-state index contributed by atoms with van der Waals surface area (Å²) in [5.41, 5.74) is 2.91. The average molecular weight is 377 g/mol. The summed E-state index contributed by atoms with van der Waals surface area (Å²) < 4.78 is 6.69. The smallest absolute Gasteiger partial charge is 0.319 e. The molecule has 1 unspecified atom stereocenters. The standard InChI is InChI=1S/C18H21BrN2O2/c1-12-7-6-8-13(2)17(12)23-11-14(3)20-18(22)21-16-10-5-4-9-15(16)19/h4-10,14H,11H2,1-3H3,(H2,20,21,22). The number of carbonyl (C=O) groups excluding carboxylic acids is 1. The van der Waals surface area contributed by atoms with E-state index in [0.29, 0.717) is 6.61 Å². The highest BCUT2D eigenvalue weighted by atomic mass is 79.9. The quantitative estimate of drug-likeness (QED) is 0.797. The van der Waals surface area contributed by atoms with Crippen LogP contribution >= 0.6 is 15.9 Å². The summed E-state index contributed by atoms with van der Waals surface area (Å²) in [6.07, 6.45) is 0. The van der Waals surface area contributed by atoms with Crippen LogP contribution in [0.3, 0.4) is 0 Å². The highest BCUT2D eigenvalue weighted by Gasteiger charge is 2.11. The Morgan fingerprint density at radius 3 is 2.43 bits per heavy atom. The fourth-order valence-electron chi connectivity index (χ4n) is 2.22. The van der Waals surface area contributed by atoms with Gasteiger partial charge >= 0.3 is 6.03 Å². The Kier molecular flexibility index (Phi) is 6.04. The molecule has 2 rings (SSSR count). The van der Waals surface area contributed by atoms with E-state index in [9.17, 15) is 4.79 Å². The molecule has 2 amide bonds. The predicted octanol–water partition coefficient (Wildman–Crippen LogP) is 4.65. The third kappa shape index (κ3) is 4.99. The molecule has 4 nitrogen and oxygen atoms in total. The molecule has 0 heterocycles. The van der Waals surface area contributed by atoms with E-state index in [2.05, 4.69) is 26.6 Å². The molecule has 0 saturated heterocycles. The summed E-state index contributed by atoms with van der Waals surface area (Å²) in [5, 5.41) is 5.68. The van der Waals surface area contributed by atoms with Crippen molar-refractivity contribution in [2.24, 2.45) is 0 Å². The molecular formula is C18H21BrN2O2. The SMILES string of the molecule is Cc1cccc(C)c1OCC(C)NC(=O)Nc1ccccc1Br. The normalized spacial score (nSPS) is 11.7.